The normalized spacial score (nSPS) is 12.1. The summed E-state index contributed by atoms with van der Waals surface area (Å²) in [4.78, 5) is 11.8. The molecule has 0 aliphatic carbocycles. The van der Waals surface area contributed by atoms with Gasteiger partial charge in [-0.25, -0.2) is 4.98 Å². The van der Waals surface area contributed by atoms with E-state index in [4.69, 9.17) is 4.99 Å². The number of fused-ring (bicyclic) bond motifs is 1. The zero-order chi connectivity index (χ0) is 20.2. The van der Waals surface area contributed by atoms with Crippen molar-refractivity contribution in [3.05, 3.63) is 30.1 Å². The van der Waals surface area contributed by atoms with Gasteiger partial charge in [0.15, 0.2) is 5.96 Å². The first-order valence-corrected chi connectivity index (χ1v) is 10.9. The lowest BCUT2D eigenvalue weighted by atomic mass is 10.3. The molecular weight excluding hydrogens is 348 g/mol. The van der Waals surface area contributed by atoms with Crippen LogP contribution in [0.15, 0.2) is 29.3 Å². The smallest absolute Gasteiger partial charge is 0.191 e. The SMILES string of the molecule is CCNC(=NCCCn1c(C)nc2ccccc21)NCCCCN(CC)CC. The molecule has 156 valence electrons. The number of aryl methyl sites for hydroxylation is 2. The molecule has 0 atom stereocenters. The van der Waals surface area contributed by atoms with Gasteiger partial charge in [0.25, 0.3) is 0 Å². The minimum atomic E-state index is 0.806. The van der Waals surface area contributed by atoms with Gasteiger partial charge in [0.1, 0.15) is 5.82 Å². The van der Waals surface area contributed by atoms with Crippen LogP contribution in [0.3, 0.4) is 0 Å². The number of unbranched alkanes of at least 4 members (excludes halogenated alkanes) is 1. The lowest BCUT2D eigenvalue weighted by molar-refractivity contribution is 0.297. The summed E-state index contributed by atoms with van der Waals surface area (Å²) in [6, 6.07) is 8.33. The molecule has 0 unspecified atom stereocenters. The number of guanidine groups is 1. The Morgan fingerprint density at radius 2 is 1.86 bits per heavy atom. The summed E-state index contributed by atoms with van der Waals surface area (Å²) in [5, 5.41) is 6.81. The molecule has 0 fully saturated rings. The van der Waals surface area contributed by atoms with Crippen LogP contribution < -0.4 is 10.6 Å². The number of benzene rings is 1. The van der Waals surface area contributed by atoms with Crippen LogP contribution in [0, 0.1) is 6.92 Å². The highest BCUT2D eigenvalue weighted by Gasteiger charge is 2.06. The van der Waals surface area contributed by atoms with Crippen molar-refractivity contribution in [1.82, 2.24) is 25.1 Å². The van der Waals surface area contributed by atoms with Gasteiger partial charge in [0.2, 0.25) is 0 Å². The molecule has 0 aliphatic heterocycles. The average molecular weight is 387 g/mol. The molecule has 6 nitrogen and oxygen atoms in total. The summed E-state index contributed by atoms with van der Waals surface area (Å²) in [5.41, 5.74) is 2.28. The molecule has 1 aromatic carbocycles. The molecule has 2 rings (SSSR count). The number of para-hydroxylation sites is 2. The van der Waals surface area contributed by atoms with Crippen LogP contribution in [0.4, 0.5) is 0 Å². The van der Waals surface area contributed by atoms with E-state index in [2.05, 4.69) is 71.0 Å². The molecular formula is C22H38N6. The lowest BCUT2D eigenvalue weighted by Gasteiger charge is -2.18. The van der Waals surface area contributed by atoms with E-state index < -0.39 is 0 Å². The van der Waals surface area contributed by atoms with Crippen molar-refractivity contribution >= 4 is 17.0 Å². The first kappa shape index (κ1) is 22.2. The Kier molecular flexibility index (Phi) is 9.83. The van der Waals surface area contributed by atoms with Gasteiger partial charge in [-0.1, -0.05) is 26.0 Å². The molecule has 6 heteroatoms. The predicted molar refractivity (Wildman–Crippen MR) is 120 cm³/mol. The monoisotopic (exact) mass is 386 g/mol. The number of hydrogen-bond donors (Lipinski definition) is 2. The number of imidazole rings is 1. The van der Waals surface area contributed by atoms with E-state index in [0.29, 0.717) is 0 Å². The Hall–Kier alpha value is -2.08. The van der Waals surface area contributed by atoms with Crippen LogP contribution in [0.25, 0.3) is 11.0 Å². The van der Waals surface area contributed by atoms with Gasteiger partial charge < -0.3 is 20.1 Å². The van der Waals surface area contributed by atoms with Crippen molar-refractivity contribution in [1.29, 1.82) is 0 Å². The third-order valence-electron chi connectivity index (χ3n) is 5.09. The molecule has 0 saturated carbocycles. The molecule has 2 N–H and O–H groups in total. The van der Waals surface area contributed by atoms with E-state index in [0.717, 1.165) is 63.0 Å². The maximum atomic E-state index is 4.74. The number of aromatic nitrogens is 2. The maximum Gasteiger partial charge on any atom is 0.191 e. The second kappa shape index (κ2) is 12.4. The Labute approximate surface area is 170 Å². The van der Waals surface area contributed by atoms with Crippen molar-refractivity contribution in [2.75, 3.05) is 39.3 Å². The van der Waals surface area contributed by atoms with Crippen molar-refractivity contribution in [2.24, 2.45) is 4.99 Å². The predicted octanol–water partition coefficient (Wildman–Crippen LogP) is 3.41. The fraction of sp³-hybridized carbons (Fsp3) is 0.636. The van der Waals surface area contributed by atoms with Gasteiger partial charge in [0.05, 0.1) is 11.0 Å². The molecule has 1 heterocycles. The highest BCUT2D eigenvalue weighted by molar-refractivity contribution is 5.79. The lowest BCUT2D eigenvalue weighted by Crippen LogP contribution is -2.38. The van der Waals surface area contributed by atoms with Crippen LogP contribution in [0.5, 0.6) is 0 Å². The zero-order valence-electron chi connectivity index (χ0n) is 18.2. The molecule has 0 spiro atoms. The topological polar surface area (TPSA) is 57.5 Å². The van der Waals surface area contributed by atoms with Gasteiger partial charge in [-0.15, -0.1) is 0 Å². The summed E-state index contributed by atoms with van der Waals surface area (Å²) >= 11 is 0. The van der Waals surface area contributed by atoms with E-state index >= 15 is 0 Å². The minimum absolute atomic E-state index is 0.806. The highest BCUT2D eigenvalue weighted by Crippen LogP contribution is 2.15. The minimum Gasteiger partial charge on any atom is -0.357 e. The Morgan fingerprint density at radius 1 is 1.07 bits per heavy atom. The number of hydrogen-bond acceptors (Lipinski definition) is 3. The van der Waals surface area contributed by atoms with Crippen LogP contribution in [-0.2, 0) is 6.54 Å². The van der Waals surface area contributed by atoms with Crippen LogP contribution in [-0.4, -0.2) is 59.7 Å². The van der Waals surface area contributed by atoms with E-state index in [1.807, 2.05) is 6.07 Å². The summed E-state index contributed by atoms with van der Waals surface area (Å²) < 4.78 is 2.29. The van der Waals surface area contributed by atoms with Crippen molar-refractivity contribution in [3.63, 3.8) is 0 Å². The molecule has 0 bridgehead atoms. The van der Waals surface area contributed by atoms with E-state index in [-0.39, 0.29) is 0 Å². The standard InChI is InChI=1S/C22H38N6/c1-5-23-22(24-15-10-11-17-27(6-2)7-3)25-16-12-18-28-19(4)26-20-13-8-9-14-21(20)28/h8-9,13-14H,5-7,10-12,15-18H2,1-4H3,(H2,23,24,25). The van der Waals surface area contributed by atoms with Gasteiger partial charge in [-0.05, 0) is 64.9 Å². The van der Waals surface area contributed by atoms with Gasteiger partial charge in [0, 0.05) is 26.2 Å². The third kappa shape index (κ3) is 6.82. The molecule has 0 amide bonds. The molecule has 0 saturated heterocycles. The largest absolute Gasteiger partial charge is 0.357 e. The maximum absolute atomic E-state index is 4.74. The van der Waals surface area contributed by atoms with Crippen molar-refractivity contribution < 1.29 is 0 Å². The quantitative estimate of drug-likeness (QED) is 0.333. The van der Waals surface area contributed by atoms with E-state index in [1.54, 1.807) is 0 Å². The molecule has 1 aromatic heterocycles. The summed E-state index contributed by atoms with van der Waals surface area (Å²) in [6.45, 7) is 15.7. The van der Waals surface area contributed by atoms with Crippen molar-refractivity contribution in [3.8, 4) is 0 Å². The first-order valence-electron chi connectivity index (χ1n) is 10.9. The van der Waals surface area contributed by atoms with Crippen LogP contribution in [0.1, 0.15) is 45.9 Å². The molecule has 0 radical (unpaired) electrons. The molecule has 28 heavy (non-hydrogen) atoms. The van der Waals surface area contributed by atoms with Gasteiger partial charge >= 0.3 is 0 Å². The van der Waals surface area contributed by atoms with E-state index in [1.165, 1.54) is 24.9 Å². The number of aliphatic imine (C=N–C) groups is 1. The fourth-order valence-electron chi connectivity index (χ4n) is 3.45. The fourth-order valence-corrected chi connectivity index (χ4v) is 3.45. The van der Waals surface area contributed by atoms with Crippen LogP contribution in [0.2, 0.25) is 0 Å². The van der Waals surface area contributed by atoms with Crippen molar-refractivity contribution in [2.45, 2.75) is 53.5 Å². The first-order chi connectivity index (χ1) is 13.7. The summed E-state index contributed by atoms with van der Waals surface area (Å²) in [6.07, 6.45) is 3.39. The Bertz CT molecular complexity index is 717. The Balaban J connectivity index is 1.75. The number of nitrogens with one attached hydrogen (secondary N) is 2. The average Bonchev–Trinajstić information content (AvgIpc) is 3.03. The number of nitrogens with zero attached hydrogens (tertiary/aromatic N) is 4. The van der Waals surface area contributed by atoms with E-state index in [9.17, 15) is 0 Å². The van der Waals surface area contributed by atoms with Gasteiger partial charge in [-0.3, -0.25) is 4.99 Å². The highest BCUT2D eigenvalue weighted by atomic mass is 15.2. The molecule has 2 aromatic rings. The number of rotatable bonds is 12. The zero-order valence-corrected chi connectivity index (χ0v) is 18.2. The summed E-state index contributed by atoms with van der Waals surface area (Å²) in [5.74, 6) is 2.00. The second-order valence-corrected chi connectivity index (χ2v) is 7.07. The summed E-state index contributed by atoms with van der Waals surface area (Å²) in [7, 11) is 0. The third-order valence-corrected chi connectivity index (χ3v) is 5.09. The molecule has 0 aliphatic rings. The Morgan fingerprint density at radius 3 is 2.61 bits per heavy atom. The van der Waals surface area contributed by atoms with Gasteiger partial charge in [-0.2, -0.15) is 0 Å². The second-order valence-electron chi connectivity index (χ2n) is 7.07. The van der Waals surface area contributed by atoms with Crippen LogP contribution >= 0.6 is 0 Å².